The fraction of sp³-hybridized carbons (Fsp3) is 0.500. The lowest BCUT2D eigenvalue weighted by Crippen LogP contribution is -2.60. The Balaban J connectivity index is 1.13. The molecular formula is C28H32N2O5S. The molecule has 7 nitrogen and oxygen atoms in total. The average molecular weight is 509 g/mol. The molecule has 4 fully saturated rings. The van der Waals surface area contributed by atoms with Crippen LogP contribution in [0.15, 0.2) is 53.4 Å². The van der Waals surface area contributed by atoms with Gasteiger partial charge in [-0.05, 0) is 99.5 Å². The molecule has 1 unspecified atom stereocenters. The topological polar surface area (TPSA) is 92.8 Å². The zero-order chi connectivity index (χ0) is 25.1. The van der Waals surface area contributed by atoms with Crippen LogP contribution >= 0.6 is 0 Å². The summed E-state index contributed by atoms with van der Waals surface area (Å²) in [6.07, 6.45) is 7.56. The first kappa shape index (κ1) is 23.5. The lowest BCUT2D eigenvalue weighted by molar-refractivity contribution is -0.130. The van der Waals surface area contributed by atoms with Gasteiger partial charge < -0.3 is 10.1 Å². The Morgan fingerprint density at radius 3 is 2.36 bits per heavy atom. The van der Waals surface area contributed by atoms with Gasteiger partial charge in [-0.15, -0.1) is 0 Å². The van der Waals surface area contributed by atoms with E-state index in [0.717, 1.165) is 24.8 Å². The number of para-hydroxylation sites is 1. The van der Waals surface area contributed by atoms with Gasteiger partial charge in [-0.25, -0.2) is 13.2 Å². The van der Waals surface area contributed by atoms with Gasteiger partial charge in [-0.2, -0.15) is 0 Å². The highest BCUT2D eigenvalue weighted by Gasteiger charge is 2.51. The van der Waals surface area contributed by atoms with Gasteiger partial charge >= 0.3 is 5.97 Å². The van der Waals surface area contributed by atoms with Crippen LogP contribution in [0, 0.1) is 17.8 Å². The highest BCUT2D eigenvalue weighted by atomic mass is 32.2. The van der Waals surface area contributed by atoms with E-state index in [0.29, 0.717) is 29.9 Å². The molecule has 1 amide bonds. The normalized spacial score (nSPS) is 30.2. The number of sulfonamides is 1. The number of carbonyl (C=O) groups excluding carboxylic acids is 2. The molecule has 1 N–H and O–H groups in total. The first-order valence-corrected chi connectivity index (χ1v) is 14.4. The smallest absolute Gasteiger partial charge is 0.338 e. The molecule has 4 aliphatic carbocycles. The highest BCUT2D eigenvalue weighted by molar-refractivity contribution is 7.92. The van der Waals surface area contributed by atoms with Gasteiger partial charge in [0.1, 0.15) is 0 Å². The molecule has 5 aliphatic rings. The van der Waals surface area contributed by atoms with Crippen LogP contribution in [-0.2, 0) is 26.0 Å². The number of anilines is 1. The third-order valence-corrected chi connectivity index (χ3v) is 10.5. The van der Waals surface area contributed by atoms with Crippen molar-refractivity contribution in [1.82, 2.24) is 5.32 Å². The fourth-order valence-corrected chi connectivity index (χ4v) is 9.35. The Morgan fingerprint density at radius 1 is 1.00 bits per heavy atom. The van der Waals surface area contributed by atoms with E-state index in [9.17, 15) is 18.0 Å². The molecule has 0 radical (unpaired) electrons. The van der Waals surface area contributed by atoms with Crippen LogP contribution in [0.5, 0.6) is 0 Å². The molecule has 7 rings (SSSR count). The number of esters is 1. The van der Waals surface area contributed by atoms with Gasteiger partial charge in [0.15, 0.2) is 6.61 Å². The summed E-state index contributed by atoms with van der Waals surface area (Å²) in [5.74, 6) is 1.12. The van der Waals surface area contributed by atoms with Crippen molar-refractivity contribution < 1.29 is 22.7 Å². The van der Waals surface area contributed by atoms with Crippen molar-refractivity contribution in [2.45, 2.75) is 68.3 Å². The maximum absolute atomic E-state index is 13.5. The molecule has 0 spiro atoms. The monoisotopic (exact) mass is 508 g/mol. The van der Waals surface area contributed by atoms with Gasteiger partial charge in [0.25, 0.3) is 15.9 Å². The SMILES string of the molecule is CC1Cc2ccccc2N1S(=O)(=O)c1cccc(C(=O)OCC(=O)NC23CC4CC(CC(C4)C2)C3)c1. The molecule has 36 heavy (non-hydrogen) atoms. The number of hydrogen-bond acceptors (Lipinski definition) is 5. The van der Waals surface area contributed by atoms with Gasteiger partial charge in [0.2, 0.25) is 0 Å². The number of carbonyl (C=O) groups is 2. The molecule has 2 aromatic rings. The number of hydrogen-bond donors (Lipinski definition) is 1. The minimum atomic E-state index is -3.87. The summed E-state index contributed by atoms with van der Waals surface area (Å²) in [4.78, 5) is 25.5. The van der Waals surface area contributed by atoms with Crippen molar-refractivity contribution in [3.05, 3.63) is 59.7 Å². The predicted octanol–water partition coefficient (Wildman–Crippen LogP) is 4.07. The van der Waals surface area contributed by atoms with E-state index in [1.54, 1.807) is 6.07 Å². The van der Waals surface area contributed by atoms with Crippen LogP contribution in [0.25, 0.3) is 0 Å². The summed E-state index contributed by atoms with van der Waals surface area (Å²) in [5, 5.41) is 3.20. The summed E-state index contributed by atoms with van der Waals surface area (Å²) in [6.45, 7) is 1.51. The number of ether oxygens (including phenoxy) is 1. The highest BCUT2D eigenvalue weighted by Crippen LogP contribution is 2.55. The number of nitrogens with one attached hydrogen (secondary N) is 1. The van der Waals surface area contributed by atoms with E-state index in [4.69, 9.17) is 4.74 Å². The van der Waals surface area contributed by atoms with Gasteiger partial charge in [0, 0.05) is 11.6 Å². The second-order valence-corrected chi connectivity index (χ2v) is 13.1. The Kier molecular flexibility index (Phi) is 5.63. The van der Waals surface area contributed by atoms with Crippen molar-refractivity contribution in [3.63, 3.8) is 0 Å². The average Bonchev–Trinajstić information content (AvgIpc) is 3.18. The van der Waals surface area contributed by atoms with E-state index in [1.807, 2.05) is 25.1 Å². The predicted molar refractivity (Wildman–Crippen MR) is 135 cm³/mol. The molecule has 190 valence electrons. The maximum Gasteiger partial charge on any atom is 0.338 e. The summed E-state index contributed by atoms with van der Waals surface area (Å²) >= 11 is 0. The van der Waals surface area contributed by atoms with Crippen LogP contribution in [0.2, 0.25) is 0 Å². The molecular weight excluding hydrogens is 476 g/mol. The molecule has 1 atom stereocenters. The van der Waals surface area contributed by atoms with Gasteiger partial charge in [-0.1, -0.05) is 24.3 Å². The molecule has 2 aromatic carbocycles. The third-order valence-electron chi connectivity index (χ3n) is 8.55. The van der Waals surface area contributed by atoms with Crippen molar-refractivity contribution in [2.24, 2.45) is 17.8 Å². The Hall–Kier alpha value is -2.87. The van der Waals surface area contributed by atoms with Crippen molar-refractivity contribution >= 4 is 27.6 Å². The minimum Gasteiger partial charge on any atom is -0.452 e. The molecule has 4 bridgehead atoms. The number of fused-ring (bicyclic) bond motifs is 1. The zero-order valence-electron chi connectivity index (χ0n) is 20.5. The third kappa shape index (κ3) is 4.09. The minimum absolute atomic E-state index is 0.0264. The van der Waals surface area contributed by atoms with Crippen LogP contribution in [0.4, 0.5) is 5.69 Å². The molecule has 1 heterocycles. The standard InChI is InChI=1S/C28H32N2O5S/c1-18-9-22-5-2-3-8-25(22)30(18)36(33,34)24-7-4-6-23(13-24)27(32)35-17-26(31)29-28-14-19-10-20(15-28)12-21(11-19)16-28/h2-8,13,18-21H,9-12,14-17H2,1H3,(H,29,31). The van der Waals surface area contributed by atoms with E-state index in [2.05, 4.69) is 5.32 Å². The van der Waals surface area contributed by atoms with Crippen LogP contribution in [0.1, 0.15) is 61.4 Å². The fourth-order valence-electron chi connectivity index (χ4n) is 7.61. The number of nitrogens with zero attached hydrogens (tertiary/aromatic N) is 1. The van der Waals surface area contributed by atoms with Crippen LogP contribution in [-0.4, -0.2) is 38.5 Å². The van der Waals surface area contributed by atoms with E-state index in [-0.39, 0.29) is 34.6 Å². The zero-order valence-corrected chi connectivity index (χ0v) is 21.3. The van der Waals surface area contributed by atoms with Gasteiger partial charge in [0.05, 0.1) is 16.1 Å². The Labute approximate surface area is 212 Å². The Morgan fingerprint density at radius 2 is 1.67 bits per heavy atom. The summed E-state index contributed by atoms with van der Waals surface area (Å²) in [7, 11) is -3.87. The van der Waals surface area contributed by atoms with Crippen LogP contribution in [0.3, 0.4) is 0 Å². The second kappa shape index (κ2) is 8.61. The van der Waals surface area contributed by atoms with Crippen molar-refractivity contribution in [1.29, 1.82) is 0 Å². The summed E-state index contributed by atoms with van der Waals surface area (Å²) in [6, 6.07) is 13.1. The molecule has 0 saturated heterocycles. The first-order valence-electron chi connectivity index (χ1n) is 12.9. The number of amides is 1. The molecule has 0 aromatic heterocycles. The quantitative estimate of drug-likeness (QED) is 0.594. The van der Waals surface area contributed by atoms with Crippen molar-refractivity contribution in [3.8, 4) is 0 Å². The maximum atomic E-state index is 13.5. The lowest BCUT2D eigenvalue weighted by atomic mass is 9.53. The van der Waals surface area contributed by atoms with Crippen LogP contribution < -0.4 is 9.62 Å². The van der Waals surface area contributed by atoms with E-state index >= 15 is 0 Å². The van der Waals surface area contributed by atoms with E-state index in [1.165, 1.54) is 47.8 Å². The van der Waals surface area contributed by atoms with E-state index < -0.39 is 16.0 Å². The molecule has 1 aliphatic heterocycles. The largest absolute Gasteiger partial charge is 0.452 e. The Bertz CT molecular complexity index is 1290. The number of benzene rings is 2. The second-order valence-electron chi connectivity index (χ2n) is 11.3. The lowest BCUT2D eigenvalue weighted by Gasteiger charge is -2.56. The van der Waals surface area contributed by atoms with Gasteiger partial charge in [-0.3, -0.25) is 9.10 Å². The molecule has 8 heteroatoms. The first-order chi connectivity index (χ1) is 17.2. The summed E-state index contributed by atoms with van der Waals surface area (Å²) < 4.78 is 33.8. The molecule has 4 saturated carbocycles. The number of rotatable bonds is 6. The van der Waals surface area contributed by atoms with Crippen molar-refractivity contribution in [2.75, 3.05) is 10.9 Å². The summed E-state index contributed by atoms with van der Waals surface area (Å²) in [5.41, 5.74) is 1.61.